The molecule has 1 aromatic heterocycles. The number of rotatable bonds is 8. The first-order chi connectivity index (χ1) is 15.6. The standard InChI is InChI=1S/C23H23N3O6S/c1-14-21(23(29)32-3)19(25-22(14)15(2)27)13-20(28)24-17-11-7-8-12-18(17)26-33(30,31)16-9-5-4-6-10-16/h4-12,25-26H,13H2,1-3H3,(H,24,28). The Kier molecular flexibility index (Phi) is 6.98. The molecule has 2 aromatic carbocycles. The molecule has 3 rings (SSSR count). The molecule has 10 heteroatoms. The number of hydrogen-bond acceptors (Lipinski definition) is 6. The first-order valence-corrected chi connectivity index (χ1v) is 11.4. The minimum Gasteiger partial charge on any atom is -0.465 e. The number of H-pyrrole nitrogens is 1. The summed E-state index contributed by atoms with van der Waals surface area (Å²) in [5.74, 6) is -1.48. The molecule has 0 aliphatic carbocycles. The van der Waals surface area contributed by atoms with Crippen LogP contribution in [0, 0.1) is 6.92 Å². The van der Waals surface area contributed by atoms with Gasteiger partial charge in [-0.15, -0.1) is 0 Å². The first-order valence-electron chi connectivity index (χ1n) is 9.91. The molecule has 0 unspecified atom stereocenters. The Morgan fingerprint density at radius 2 is 1.58 bits per heavy atom. The number of nitrogens with one attached hydrogen (secondary N) is 3. The molecule has 0 spiro atoms. The number of carbonyl (C=O) groups excluding carboxylic acids is 3. The number of benzene rings is 2. The maximum Gasteiger partial charge on any atom is 0.339 e. The Hall–Kier alpha value is -3.92. The summed E-state index contributed by atoms with van der Waals surface area (Å²) < 4.78 is 32.6. The van der Waals surface area contributed by atoms with Crippen molar-refractivity contribution in [1.29, 1.82) is 0 Å². The van der Waals surface area contributed by atoms with Crippen molar-refractivity contribution in [2.75, 3.05) is 17.1 Å². The molecule has 9 nitrogen and oxygen atoms in total. The van der Waals surface area contributed by atoms with Crippen LogP contribution in [0.2, 0.25) is 0 Å². The lowest BCUT2D eigenvalue weighted by Gasteiger charge is -2.13. The molecular weight excluding hydrogens is 446 g/mol. The summed E-state index contributed by atoms with van der Waals surface area (Å²) in [6.07, 6.45) is -0.266. The molecule has 1 heterocycles. The molecule has 0 aliphatic rings. The number of aromatic amines is 1. The Bertz CT molecular complexity index is 1310. The predicted octanol–water partition coefficient (Wildman–Crippen LogP) is 3.29. The quantitative estimate of drug-likeness (QED) is 0.342. The summed E-state index contributed by atoms with van der Waals surface area (Å²) in [5.41, 5.74) is 1.37. The van der Waals surface area contributed by atoms with Crippen LogP contribution in [-0.2, 0) is 26.0 Å². The summed E-state index contributed by atoms with van der Waals surface area (Å²) in [6.45, 7) is 2.94. The van der Waals surface area contributed by atoms with Crippen molar-refractivity contribution in [2.24, 2.45) is 0 Å². The highest BCUT2D eigenvalue weighted by atomic mass is 32.2. The fourth-order valence-electron chi connectivity index (χ4n) is 3.36. The lowest BCUT2D eigenvalue weighted by Crippen LogP contribution is -2.19. The van der Waals surface area contributed by atoms with Gasteiger partial charge >= 0.3 is 5.97 Å². The predicted molar refractivity (Wildman–Crippen MR) is 123 cm³/mol. The Morgan fingerprint density at radius 1 is 0.970 bits per heavy atom. The van der Waals surface area contributed by atoms with Gasteiger partial charge < -0.3 is 15.0 Å². The molecule has 3 N–H and O–H groups in total. The van der Waals surface area contributed by atoms with Crippen LogP contribution >= 0.6 is 0 Å². The Balaban J connectivity index is 1.85. The van der Waals surface area contributed by atoms with Gasteiger partial charge in [-0.3, -0.25) is 14.3 Å². The van der Waals surface area contributed by atoms with Crippen LogP contribution in [0.3, 0.4) is 0 Å². The van der Waals surface area contributed by atoms with E-state index in [0.29, 0.717) is 5.56 Å². The van der Waals surface area contributed by atoms with Gasteiger partial charge in [0.25, 0.3) is 10.0 Å². The number of hydrogen-bond donors (Lipinski definition) is 3. The van der Waals surface area contributed by atoms with Gasteiger partial charge in [-0.2, -0.15) is 0 Å². The van der Waals surface area contributed by atoms with Crippen molar-refractivity contribution in [3.05, 3.63) is 77.1 Å². The van der Waals surface area contributed by atoms with Gasteiger partial charge in [0.2, 0.25) is 5.91 Å². The fraction of sp³-hybridized carbons (Fsp3) is 0.174. The zero-order valence-corrected chi connectivity index (χ0v) is 19.1. The second kappa shape index (κ2) is 9.70. The van der Waals surface area contributed by atoms with Crippen LogP contribution in [0.15, 0.2) is 59.5 Å². The highest BCUT2D eigenvalue weighted by Gasteiger charge is 2.25. The summed E-state index contributed by atoms with van der Waals surface area (Å²) in [7, 11) is -2.66. The fourth-order valence-corrected chi connectivity index (χ4v) is 4.46. The van der Waals surface area contributed by atoms with Gasteiger partial charge in [-0.1, -0.05) is 30.3 Å². The second-order valence-corrected chi connectivity index (χ2v) is 8.90. The molecule has 0 radical (unpaired) electrons. The van der Waals surface area contributed by atoms with E-state index in [4.69, 9.17) is 4.74 Å². The third-order valence-electron chi connectivity index (χ3n) is 4.91. The molecule has 172 valence electrons. The SMILES string of the molecule is COC(=O)c1c(CC(=O)Nc2ccccc2NS(=O)(=O)c2ccccc2)[nH]c(C(C)=O)c1C. The number of ether oxygens (including phenoxy) is 1. The molecule has 3 aromatic rings. The maximum absolute atomic E-state index is 12.8. The number of carbonyl (C=O) groups is 3. The van der Waals surface area contributed by atoms with E-state index in [0.717, 1.165) is 0 Å². The largest absolute Gasteiger partial charge is 0.465 e. The van der Waals surface area contributed by atoms with Gasteiger partial charge in [0.05, 0.1) is 41.1 Å². The van der Waals surface area contributed by atoms with E-state index in [2.05, 4.69) is 15.0 Å². The van der Waals surface area contributed by atoms with Crippen LogP contribution < -0.4 is 10.0 Å². The average molecular weight is 470 g/mol. The Labute approximate surface area is 191 Å². The van der Waals surface area contributed by atoms with Crippen molar-refractivity contribution in [3.8, 4) is 0 Å². The molecule has 0 bridgehead atoms. The summed E-state index contributed by atoms with van der Waals surface area (Å²) in [5, 5.41) is 2.65. The zero-order chi connectivity index (χ0) is 24.2. The first kappa shape index (κ1) is 23.7. The molecule has 0 saturated heterocycles. The summed E-state index contributed by atoms with van der Waals surface area (Å²) in [6, 6.07) is 14.2. The minimum absolute atomic E-state index is 0.0764. The zero-order valence-electron chi connectivity index (χ0n) is 18.3. The highest BCUT2D eigenvalue weighted by molar-refractivity contribution is 7.92. The van der Waals surface area contributed by atoms with Gasteiger partial charge in [-0.05, 0) is 36.8 Å². The molecule has 1 amide bonds. The lowest BCUT2D eigenvalue weighted by atomic mass is 10.1. The molecule has 0 atom stereocenters. The van der Waals surface area contributed by atoms with Gasteiger partial charge in [0.15, 0.2) is 5.78 Å². The maximum atomic E-state index is 12.8. The number of Topliss-reactive ketones (excluding diaryl/α,β-unsaturated/α-hetero) is 1. The summed E-state index contributed by atoms with van der Waals surface area (Å²) in [4.78, 5) is 39.8. The molecule has 0 aliphatic heterocycles. The van der Waals surface area contributed by atoms with Crippen molar-refractivity contribution < 1.29 is 27.5 Å². The number of aromatic nitrogens is 1. The monoisotopic (exact) mass is 469 g/mol. The van der Waals surface area contributed by atoms with E-state index in [1.807, 2.05) is 0 Å². The number of esters is 1. The third-order valence-corrected chi connectivity index (χ3v) is 6.29. The number of methoxy groups -OCH3 is 1. The molecule has 0 saturated carbocycles. The van der Waals surface area contributed by atoms with Crippen LogP contribution in [0.25, 0.3) is 0 Å². The third kappa shape index (κ3) is 5.29. The number of sulfonamides is 1. The van der Waals surface area contributed by atoms with E-state index in [9.17, 15) is 22.8 Å². The normalized spacial score (nSPS) is 11.0. The van der Waals surface area contributed by atoms with E-state index < -0.39 is 21.9 Å². The van der Waals surface area contributed by atoms with E-state index in [-0.39, 0.29) is 45.4 Å². The topological polar surface area (TPSA) is 134 Å². The van der Waals surface area contributed by atoms with Crippen LogP contribution in [0.5, 0.6) is 0 Å². The molecule has 0 fully saturated rings. The van der Waals surface area contributed by atoms with E-state index in [1.54, 1.807) is 43.3 Å². The van der Waals surface area contributed by atoms with Crippen molar-refractivity contribution in [1.82, 2.24) is 4.98 Å². The number of anilines is 2. The van der Waals surface area contributed by atoms with Gasteiger partial charge in [-0.25, -0.2) is 13.2 Å². The highest BCUT2D eigenvalue weighted by Crippen LogP contribution is 2.26. The smallest absolute Gasteiger partial charge is 0.339 e. The average Bonchev–Trinajstić information content (AvgIpc) is 3.11. The number of ketones is 1. The van der Waals surface area contributed by atoms with Crippen LogP contribution in [0.1, 0.15) is 39.0 Å². The van der Waals surface area contributed by atoms with Crippen LogP contribution in [-0.4, -0.2) is 38.2 Å². The second-order valence-electron chi connectivity index (χ2n) is 7.22. The minimum atomic E-state index is -3.87. The van der Waals surface area contributed by atoms with Gasteiger partial charge in [0, 0.05) is 12.6 Å². The van der Waals surface area contributed by atoms with Crippen molar-refractivity contribution in [2.45, 2.75) is 25.2 Å². The lowest BCUT2D eigenvalue weighted by molar-refractivity contribution is -0.115. The number of para-hydroxylation sites is 2. The van der Waals surface area contributed by atoms with Crippen LogP contribution in [0.4, 0.5) is 11.4 Å². The molecular formula is C23H23N3O6S. The van der Waals surface area contributed by atoms with E-state index >= 15 is 0 Å². The van der Waals surface area contributed by atoms with Crippen molar-refractivity contribution >= 4 is 39.1 Å². The van der Waals surface area contributed by atoms with Crippen molar-refractivity contribution in [3.63, 3.8) is 0 Å². The molecule has 33 heavy (non-hydrogen) atoms. The summed E-state index contributed by atoms with van der Waals surface area (Å²) >= 11 is 0. The number of amides is 1. The van der Waals surface area contributed by atoms with Gasteiger partial charge in [0.1, 0.15) is 0 Å². The Morgan fingerprint density at radius 3 is 2.18 bits per heavy atom. The van der Waals surface area contributed by atoms with E-state index in [1.165, 1.54) is 32.2 Å².